The minimum Gasteiger partial charge on any atom is -0.483 e. The van der Waals surface area contributed by atoms with Crippen LogP contribution in [0.5, 0.6) is 5.75 Å². The van der Waals surface area contributed by atoms with Crippen LogP contribution in [0.4, 0.5) is 0 Å². The van der Waals surface area contributed by atoms with Gasteiger partial charge in [0.05, 0.1) is 17.1 Å². The molecule has 5 nitrogen and oxygen atoms in total. The zero-order valence-electron chi connectivity index (χ0n) is 18.4. The number of hydrogen-bond donors (Lipinski definition) is 1. The number of hydrogen-bond acceptors (Lipinski definition) is 3. The molecule has 0 radical (unpaired) electrons. The summed E-state index contributed by atoms with van der Waals surface area (Å²) in [6.07, 6.45) is 0. The summed E-state index contributed by atoms with van der Waals surface area (Å²) in [6.45, 7) is 6.49. The SMILES string of the molecule is Cc1ccc(C)c(OCC(=O)NC(C)c2nc3ccccc3n2Cc2ccc(Cl)cc2)c1. The Morgan fingerprint density at radius 2 is 1.84 bits per heavy atom. The van der Waals surface area contributed by atoms with Gasteiger partial charge < -0.3 is 14.6 Å². The molecule has 6 heteroatoms. The third-order valence-electron chi connectivity index (χ3n) is 5.41. The average Bonchev–Trinajstić information content (AvgIpc) is 3.14. The van der Waals surface area contributed by atoms with Crippen LogP contribution in [0.2, 0.25) is 5.02 Å². The van der Waals surface area contributed by atoms with Gasteiger partial charge in [0.25, 0.3) is 5.91 Å². The number of nitrogens with zero attached hydrogens (tertiary/aromatic N) is 2. The Kier molecular flexibility index (Phi) is 6.47. The van der Waals surface area contributed by atoms with Crippen molar-refractivity contribution in [3.8, 4) is 5.75 Å². The van der Waals surface area contributed by atoms with Crippen molar-refractivity contribution in [3.05, 3.63) is 94.3 Å². The van der Waals surface area contributed by atoms with Crippen molar-refractivity contribution >= 4 is 28.5 Å². The van der Waals surface area contributed by atoms with Crippen molar-refractivity contribution in [2.45, 2.75) is 33.4 Å². The third-order valence-corrected chi connectivity index (χ3v) is 5.66. The van der Waals surface area contributed by atoms with Crippen molar-refractivity contribution in [2.24, 2.45) is 0 Å². The van der Waals surface area contributed by atoms with Gasteiger partial charge in [0.1, 0.15) is 11.6 Å². The zero-order chi connectivity index (χ0) is 22.7. The predicted octanol–water partition coefficient (Wildman–Crippen LogP) is 5.61. The Labute approximate surface area is 193 Å². The quantitative estimate of drug-likeness (QED) is 0.400. The van der Waals surface area contributed by atoms with E-state index in [1.54, 1.807) is 0 Å². The van der Waals surface area contributed by atoms with Crippen molar-refractivity contribution < 1.29 is 9.53 Å². The second-order valence-electron chi connectivity index (χ2n) is 8.02. The first-order valence-corrected chi connectivity index (χ1v) is 11.0. The maximum atomic E-state index is 12.6. The molecule has 0 spiro atoms. The fourth-order valence-corrected chi connectivity index (χ4v) is 3.84. The van der Waals surface area contributed by atoms with Gasteiger partial charge in [-0.1, -0.05) is 48.0 Å². The van der Waals surface area contributed by atoms with Crippen LogP contribution in [0.3, 0.4) is 0 Å². The van der Waals surface area contributed by atoms with E-state index < -0.39 is 0 Å². The number of nitrogens with one attached hydrogen (secondary N) is 1. The standard InChI is InChI=1S/C26H26ClN3O2/c1-17-8-9-18(2)24(14-17)32-16-25(31)28-19(3)26-29-22-6-4-5-7-23(22)30(26)15-20-10-12-21(27)13-11-20/h4-14,19H,15-16H2,1-3H3,(H,28,31). The highest BCUT2D eigenvalue weighted by Crippen LogP contribution is 2.23. The van der Waals surface area contributed by atoms with Crippen LogP contribution >= 0.6 is 11.6 Å². The number of fused-ring (bicyclic) bond motifs is 1. The minimum atomic E-state index is -0.288. The second-order valence-corrected chi connectivity index (χ2v) is 8.45. The molecule has 0 aliphatic carbocycles. The van der Waals surface area contributed by atoms with Crippen molar-refractivity contribution in [3.63, 3.8) is 0 Å². The van der Waals surface area contributed by atoms with Gasteiger partial charge in [-0.3, -0.25) is 4.79 Å². The van der Waals surface area contributed by atoms with Crippen molar-refractivity contribution in [2.75, 3.05) is 6.61 Å². The highest BCUT2D eigenvalue weighted by atomic mass is 35.5. The number of imidazole rings is 1. The number of aromatic nitrogens is 2. The molecule has 0 bridgehead atoms. The van der Waals surface area contributed by atoms with E-state index in [2.05, 4.69) is 9.88 Å². The van der Waals surface area contributed by atoms with E-state index in [9.17, 15) is 4.79 Å². The Morgan fingerprint density at radius 1 is 1.09 bits per heavy atom. The van der Waals surface area contributed by atoms with Gasteiger partial charge in [-0.05, 0) is 67.8 Å². The normalized spacial score (nSPS) is 12.0. The Balaban J connectivity index is 1.52. The van der Waals surface area contributed by atoms with Crippen LogP contribution in [0.25, 0.3) is 11.0 Å². The minimum absolute atomic E-state index is 0.0496. The average molecular weight is 448 g/mol. The molecule has 0 aliphatic heterocycles. The van der Waals surface area contributed by atoms with Crippen LogP contribution < -0.4 is 10.1 Å². The van der Waals surface area contributed by atoms with Gasteiger partial charge >= 0.3 is 0 Å². The number of carbonyl (C=O) groups is 1. The van der Waals surface area contributed by atoms with E-state index >= 15 is 0 Å². The Morgan fingerprint density at radius 3 is 2.62 bits per heavy atom. The largest absolute Gasteiger partial charge is 0.483 e. The molecule has 0 saturated carbocycles. The molecule has 1 atom stereocenters. The van der Waals surface area contributed by atoms with Crippen molar-refractivity contribution in [1.29, 1.82) is 0 Å². The molecule has 1 unspecified atom stereocenters. The topological polar surface area (TPSA) is 56.1 Å². The Hall–Kier alpha value is -3.31. The number of aryl methyl sites for hydroxylation is 2. The number of halogens is 1. The molecule has 4 rings (SSSR count). The zero-order valence-corrected chi connectivity index (χ0v) is 19.2. The van der Waals surface area contributed by atoms with Crippen LogP contribution in [-0.2, 0) is 11.3 Å². The smallest absolute Gasteiger partial charge is 0.258 e. The molecule has 1 N–H and O–H groups in total. The van der Waals surface area contributed by atoms with Crippen molar-refractivity contribution in [1.82, 2.24) is 14.9 Å². The number of rotatable bonds is 7. The van der Waals surface area contributed by atoms with E-state index in [1.165, 1.54) is 0 Å². The van der Waals surface area contributed by atoms with Crippen LogP contribution in [0, 0.1) is 13.8 Å². The molecular weight excluding hydrogens is 422 g/mol. The lowest BCUT2D eigenvalue weighted by molar-refractivity contribution is -0.123. The fraction of sp³-hybridized carbons (Fsp3) is 0.231. The Bertz CT molecular complexity index is 1250. The lowest BCUT2D eigenvalue weighted by atomic mass is 10.1. The molecule has 3 aromatic carbocycles. The molecule has 0 aliphatic rings. The third kappa shape index (κ3) is 4.94. The molecule has 0 saturated heterocycles. The monoisotopic (exact) mass is 447 g/mol. The molecular formula is C26H26ClN3O2. The van der Waals surface area contributed by atoms with Gasteiger partial charge in [-0.15, -0.1) is 0 Å². The number of carbonyl (C=O) groups excluding carboxylic acids is 1. The summed E-state index contributed by atoms with van der Waals surface area (Å²) in [4.78, 5) is 17.4. The van der Waals surface area contributed by atoms with Crippen LogP contribution in [0.1, 0.15) is 35.5 Å². The molecule has 1 heterocycles. The molecule has 0 fully saturated rings. The van der Waals surface area contributed by atoms with Gasteiger partial charge in [0, 0.05) is 11.6 Å². The number of amides is 1. The van der Waals surface area contributed by atoms with E-state index in [4.69, 9.17) is 21.3 Å². The summed E-state index contributed by atoms with van der Waals surface area (Å²) in [7, 11) is 0. The summed E-state index contributed by atoms with van der Waals surface area (Å²) >= 11 is 6.04. The van der Waals surface area contributed by atoms with E-state index in [-0.39, 0.29) is 18.6 Å². The summed E-state index contributed by atoms with van der Waals surface area (Å²) in [5.41, 5.74) is 5.11. The van der Waals surface area contributed by atoms with Crippen LogP contribution in [0.15, 0.2) is 66.7 Å². The van der Waals surface area contributed by atoms with Crippen LogP contribution in [-0.4, -0.2) is 22.1 Å². The summed E-state index contributed by atoms with van der Waals surface area (Å²) in [5, 5.41) is 3.73. The molecule has 4 aromatic rings. The number of benzene rings is 3. The summed E-state index contributed by atoms with van der Waals surface area (Å²) < 4.78 is 7.89. The predicted molar refractivity (Wildman–Crippen MR) is 128 cm³/mol. The van der Waals surface area contributed by atoms with Gasteiger partial charge in [-0.2, -0.15) is 0 Å². The molecule has 32 heavy (non-hydrogen) atoms. The van der Waals surface area contributed by atoms with E-state index in [1.807, 2.05) is 87.5 Å². The lowest BCUT2D eigenvalue weighted by Crippen LogP contribution is -2.32. The lowest BCUT2D eigenvalue weighted by Gasteiger charge is -2.17. The van der Waals surface area contributed by atoms with Gasteiger partial charge in [0.2, 0.25) is 0 Å². The number of para-hydroxylation sites is 2. The second kappa shape index (κ2) is 9.45. The first kappa shape index (κ1) is 21.9. The maximum absolute atomic E-state index is 12.6. The first-order valence-electron chi connectivity index (χ1n) is 10.6. The molecule has 1 aromatic heterocycles. The van der Waals surface area contributed by atoms with E-state index in [0.29, 0.717) is 11.6 Å². The first-order chi connectivity index (χ1) is 15.4. The highest BCUT2D eigenvalue weighted by Gasteiger charge is 2.19. The molecule has 1 amide bonds. The molecule has 164 valence electrons. The number of ether oxygens (including phenoxy) is 1. The summed E-state index contributed by atoms with van der Waals surface area (Å²) in [5.74, 6) is 1.33. The van der Waals surface area contributed by atoms with Gasteiger partial charge in [-0.25, -0.2) is 4.98 Å². The highest BCUT2D eigenvalue weighted by molar-refractivity contribution is 6.30. The fourth-order valence-electron chi connectivity index (χ4n) is 3.72. The maximum Gasteiger partial charge on any atom is 0.258 e. The van der Waals surface area contributed by atoms with Gasteiger partial charge in [0.15, 0.2) is 6.61 Å². The van der Waals surface area contributed by atoms with E-state index in [0.717, 1.165) is 39.3 Å². The summed E-state index contributed by atoms with van der Waals surface area (Å²) in [6, 6.07) is 21.4.